The summed E-state index contributed by atoms with van der Waals surface area (Å²) in [7, 11) is 5.66. The van der Waals surface area contributed by atoms with E-state index in [-0.39, 0.29) is 11.5 Å². The van der Waals surface area contributed by atoms with Crippen LogP contribution in [-0.2, 0) is 6.42 Å². The van der Waals surface area contributed by atoms with Crippen molar-refractivity contribution in [2.45, 2.75) is 6.42 Å². The molecule has 0 aliphatic carbocycles. The van der Waals surface area contributed by atoms with Crippen molar-refractivity contribution in [2.75, 3.05) is 37.5 Å². The molecule has 1 heterocycles. The minimum Gasteiger partial charge on any atom is -0.504 e. The van der Waals surface area contributed by atoms with Gasteiger partial charge in [0, 0.05) is 27.7 Å². The third-order valence-electron chi connectivity index (χ3n) is 3.06. The van der Waals surface area contributed by atoms with Crippen LogP contribution < -0.4 is 9.80 Å². The summed E-state index contributed by atoms with van der Waals surface area (Å²) in [5, 5.41) is 27.3. The van der Waals surface area contributed by atoms with E-state index in [0.29, 0.717) is 30.4 Å². The Bertz CT molecular complexity index is 582. The minimum absolute atomic E-state index is 0.0625. The number of anilines is 2. The Balaban J connectivity index is 2.01. The maximum Gasteiger partial charge on any atom is 0.225 e. The molecular weight excluding hydrogens is 258 g/mol. The Morgan fingerprint density at radius 1 is 1.10 bits per heavy atom. The van der Waals surface area contributed by atoms with E-state index in [2.05, 4.69) is 15.2 Å². The maximum absolute atomic E-state index is 9.75. The van der Waals surface area contributed by atoms with Crippen LogP contribution in [0.1, 0.15) is 5.56 Å². The quantitative estimate of drug-likeness (QED) is 0.706. The van der Waals surface area contributed by atoms with Crippen LogP contribution in [0.5, 0.6) is 11.5 Å². The molecule has 1 aromatic carbocycles. The zero-order valence-corrected chi connectivity index (χ0v) is 11.8. The lowest BCUT2D eigenvalue weighted by Gasteiger charge is -2.16. The highest BCUT2D eigenvalue weighted by Crippen LogP contribution is 2.28. The van der Waals surface area contributed by atoms with Gasteiger partial charge in [0.05, 0.1) is 0 Å². The fourth-order valence-electron chi connectivity index (χ4n) is 1.79. The van der Waals surface area contributed by atoms with Crippen LogP contribution in [-0.4, -0.2) is 53.1 Å². The molecule has 0 radical (unpaired) electrons. The van der Waals surface area contributed by atoms with Gasteiger partial charge < -0.3 is 20.0 Å². The van der Waals surface area contributed by atoms with Gasteiger partial charge >= 0.3 is 0 Å². The van der Waals surface area contributed by atoms with E-state index < -0.39 is 0 Å². The molecule has 0 unspecified atom stereocenters. The molecule has 0 bridgehead atoms. The first-order valence-electron chi connectivity index (χ1n) is 6.30. The first kappa shape index (κ1) is 14.0. The van der Waals surface area contributed by atoms with Crippen LogP contribution in [0.3, 0.4) is 0 Å². The van der Waals surface area contributed by atoms with E-state index in [1.54, 1.807) is 12.1 Å². The Hall–Kier alpha value is -2.44. The van der Waals surface area contributed by atoms with Crippen molar-refractivity contribution in [1.29, 1.82) is 0 Å². The SMILES string of the molecule is CN(C)c1nnc(N(C)CCc2cccc(O)c2O)[nH]1. The van der Waals surface area contributed by atoms with Crippen molar-refractivity contribution in [3.8, 4) is 11.5 Å². The van der Waals surface area contributed by atoms with Crippen LogP contribution in [0.2, 0.25) is 0 Å². The molecule has 2 aromatic rings. The molecule has 7 heteroatoms. The minimum atomic E-state index is -0.0975. The third-order valence-corrected chi connectivity index (χ3v) is 3.06. The summed E-state index contributed by atoms with van der Waals surface area (Å²) >= 11 is 0. The van der Waals surface area contributed by atoms with Crippen molar-refractivity contribution in [1.82, 2.24) is 15.2 Å². The summed E-state index contributed by atoms with van der Waals surface area (Å²) in [5.41, 5.74) is 0.698. The van der Waals surface area contributed by atoms with Crippen LogP contribution in [0.4, 0.5) is 11.9 Å². The number of phenolic OH excluding ortho intramolecular Hbond substituents is 2. The number of hydrogen-bond acceptors (Lipinski definition) is 6. The number of aromatic nitrogens is 3. The molecule has 0 saturated carbocycles. The number of benzene rings is 1. The van der Waals surface area contributed by atoms with E-state index in [9.17, 15) is 10.2 Å². The van der Waals surface area contributed by atoms with Crippen molar-refractivity contribution in [2.24, 2.45) is 0 Å². The fourth-order valence-corrected chi connectivity index (χ4v) is 1.79. The maximum atomic E-state index is 9.75. The molecule has 1 aromatic heterocycles. The van der Waals surface area contributed by atoms with Crippen molar-refractivity contribution >= 4 is 11.9 Å². The molecule has 0 amide bonds. The Labute approximate surface area is 117 Å². The average Bonchev–Trinajstić information content (AvgIpc) is 2.90. The summed E-state index contributed by atoms with van der Waals surface area (Å²) in [5.74, 6) is 1.19. The van der Waals surface area contributed by atoms with E-state index in [1.807, 2.05) is 30.9 Å². The zero-order chi connectivity index (χ0) is 14.7. The molecule has 0 atom stereocenters. The number of para-hydroxylation sites is 1. The van der Waals surface area contributed by atoms with Gasteiger partial charge in [-0.05, 0) is 18.1 Å². The lowest BCUT2D eigenvalue weighted by molar-refractivity contribution is 0.399. The molecule has 0 fully saturated rings. The fraction of sp³-hybridized carbons (Fsp3) is 0.385. The number of hydrogen-bond donors (Lipinski definition) is 3. The van der Waals surface area contributed by atoms with Crippen LogP contribution >= 0.6 is 0 Å². The van der Waals surface area contributed by atoms with Crippen LogP contribution in [0.15, 0.2) is 18.2 Å². The monoisotopic (exact) mass is 277 g/mol. The molecule has 0 aliphatic rings. The molecular formula is C13H19N5O2. The molecule has 3 N–H and O–H groups in total. The number of phenols is 2. The first-order chi connectivity index (χ1) is 9.49. The molecule has 2 rings (SSSR count). The van der Waals surface area contributed by atoms with Crippen LogP contribution in [0, 0.1) is 0 Å². The van der Waals surface area contributed by atoms with E-state index in [4.69, 9.17) is 0 Å². The van der Waals surface area contributed by atoms with E-state index in [1.165, 1.54) is 6.07 Å². The number of H-pyrrole nitrogens is 1. The summed E-state index contributed by atoms with van der Waals surface area (Å²) in [6, 6.07) is 4.96. The summed E-state index contributed by atoms with van der Waals surface area (Å²) < 4.78 is 0. The number of aromatic amines is 1. The molecule has 20 heavy (non-hydrogen) atoms. The predicted molar refractivity (Wildman–Crippen MR) is 77.5 cm³/mol. The highest BCUT2D eigenvalue weighted by Gasteiger charge is 2.11. The lowest BCUT2D eigenvalue weighted by Crippen LogP contribution is -2.21. The molecule has 108 valence electrons. The van der Waals surface area contributed by atoms with E-state index >= 15 is 0 Å². The van der Waals surface area contributed by atoms with Gasteiger partial charge in [0.2, 0.25) is 11.9 Å². The van der Waals surface area contributed by atoms with Crippen molar-refractivity contribution in [3.05, 3.63) is 23.8 Å². The van der Waals surface area contributed by atoms with Crippen LogP contribution in [0.25, 0.3) is 0 Å². The van der Waals surface area contributed by atoms with E-state index in [0.717, 1.165) is 0 Å². The summed E-state index contributed by atoms with van der Waals surface area (Å²) in [6.45, 7) is 0.638. The van der Waals surface area contributed by atoms with Crippen molar-refractivity contribution in [3.63, 3.8) is 0 Å². The second-order valence-electron chi connectivity index (χ2n) is 4.82. The molecule has 7 nitrogen and oxygen atoms in total. The Morgan fingerprint density at radius 2 is 1.80 bits per heavy atom. The average molecular weight is 277 g/mol. The van der Waals surface area contributed by atoms with Gasteiger partial charge in [0.1, 0.15) is 0 Å². The van der Waals surface area contributed by atoms with Gasteiger partial charge in [-0.2, -0.15) is 0 Å². The van der Waals surface area contributed by atoms with Crippen molar-refractivity contribution < 1.29 is 10.2 Å². The normalized spacial score (nSPS) is 10.6. The Kier molecular flexibility index (Phi) is 3.97. The van der Waals surface area contributed by atoms with Gasteiger partial charge in [-0.15, -0.1) is 10.2 Å². The number of nitrogens with zero attached hydrogens (tertiary/aromatic N) is 4. The van der Waals surface area contributed by atoms with Gasteiger partial charge in [-0.1, -0.05) is 12.1 Å². The summed E-state index contributed by atoms with van der Waals surface area (Å²) in [4.78, 5) is 6.84. The largest absolute Gasteiger partial charge is 0.504 e. The van der Waals surface area contributed by atoms with Gasteiger partial charge in [-0.3, -0.25) is 4.98 Å². The number of aromatic hydroxyl groups is 2. The molecule has 0 spiro atoms. The van der Waals surface area contributed by atoms with Gasteiger partial charge in [0.25, 0.3) is 0 Å². The second kappa shape index (κ2) is 5.68. The standard InChI is InChI=1S/C13H19N5O2/c1-17(2)12-14-13(16-15-12)18(3)8-7-9-5-4-6-10(19)11(9)20/h4-6,19-20H,7-8H2,1-3H3,(H,14,15,16). The second-order valence-corrected chi connectivity index (χ2v) is 4.82. The Morgan fingerprint density at radius 3 is 2.45 bits per heavy atom. The highest BCUT2D eigenvalue weighted by molar-refractivity contribution is 5.45. The van der Waals surface area contributed by atoms with Gasteiger partial charge in [-0.25, -0.2) is 0 Å². The topological polar surface area (TPSA) is 88.5 Å². The number of rotatable bonds is 5. The number of likely N-dealkylation sites (N-methyl/N-ethyl adjacent to an activating group) is 1. The number of nitrogens with one attached hydrogen (secondary N) is 1. The molecule has 0 aliphatic heterocycles. The predicted octanol–water partition coefficient (Wildman–Crippen LogP) is 0.961. The zero-order valence-electron chi connectivity index (χ0n) is 11.8. The smallest absolute Gasteiger partial charge is 0.225 e. The summed E-state index contributed by atoms with van der Waals surface area (Å²) in [6.07, 6.45) is 0.592. The third kappa shape index (κ3) is 2.93. The molecule has 0 saturated heterocycles. The highest BCUT2D eigenvalue weighted by atomic mass is 16.3. The lowest BCUT2D eigenvalue weighted by atomic mass is 10.1. The van der Waals surface area contributed by atoms with Gasteiger partial charge in [0.15, 0.2) is 11.5 Å². The first-order valence-corrected chi connectivity index (χ1v) is 6.30.